The van der Waals surface area contributed by atoms with E-state index in [2.05, 4.69) is 27.7 Å². The van der Waals surface area contributed by atoms with Crippen molar-refractivity contribution in [2.45, 2.75) is 6.92 Å². The second-order valence-electron chi connectivity index (χ2n) is 3.12. The van der Waals surface area contributed by atoms with Crippen LogP contribution < -0.4 is 10.1 Å². The molecule has 1 aromatic rings. The minimum Gasteiger partial charge on any atom is -0.496 e. The Morgan fingerprint density at radius 2 is 2.25 bits per heavy atom. The van der Waals surface area contributed by atoms with Crippen molar-refractivity contribution in [3.05, 3.63) is 23.3 Å². The Morgan fingerprint density at radius 1 is 1.56 bits per heavy atom. The number of thiocarbonyl (C=S) groups is 1. The second kappa shape index (κ2) is 5.39. The van der Waals surface area contributed by atoms with E-state index in [0.717, 1.165) is 5.56 Å². The van der Waals surface area contributed by atoms with E-state index in [1.165, 1.54) is 7.11 Å². The fraction of sp³-hybridized carbons (Fsp3) is 0.273. The van der Waals surface area contributed by atoms with Crippen LogP contribution in [0.5, 0.6) is 5.75 Å². The molecular formula is C11H12N2O2S. The predicted molar refractivity (Wildman–Crippen MR) is 65.8 cm³/mol. The molecule has 0 aliphatic heterocycles. The van der Waals surface area contributed by atoms with Crippen molar-refractivity contribution in [2.24, 2.45) is 4.99 Å². The third kappa shape index (κ3) is 2.45. The molecule has 0 heterocycles. The fourth-order valence-corrected chi connectivity index (χ4v) is 1.42. The first kappa shape index (κ1) is 12.4. The highest BCUT2D eigenvalue weighted by atomic mass is 32.1. The van der Waals surface area contributed by atoms with Crippen molar-refractivity contribution in [2.75, 3.05) is 14.2 Å². The number of methoxy groups -OCH3 is 1. The van der Waals surface area contributed by atoms with E-state index in [1.807, 2.05) is 6.92 Å². The molecule has 0 atom stereocenters. The summed E-state index contributed by atoms with van der Waals surface area (Å²) in [6, 6.07) is 3.38. The van der Waals surface area contributed by atoms with Gasteiger partial charge in [-0.05, 0) is 36.8 Å². The zero-order valence-corrected chi connectivity index (χ0v) is 10.1. The summed E-state index contributed by atoms with van der Waals surface area (Å²) in [6.45, 7) is 1.86. The Balaban J connectivity index is 3.39. The molecule has 0 aliphatic rings. The molecule has 4 nitrogen and oxygen atoms in total. The van der Waals surface area contributed by atoms with Crippen molar-refractivity contribution in [1.29, 1.82) is 0 Å². The molecular weight excluding hydrogens is 224 g/mol. The summed E-state index contributed by atoms with van der Waals surface area (Å²) in [5, 5.41) is 4.82. The number of nitrogens with one attached hydrogen (secondary N) is 1. The number of nitrogens with zero attached hydrogens (tertiary/aromatic N) is 1. The number of benzene rings is 1. The molecule has 1 N–H and O–H groups in total. The summed E-state index contributed by atoms with van der Waals surface area (Å²) in [4.78, 5) is 15.5. The molecule has 0 fully saturated rings. The predicted octanol–water partition coefficient (Wildman–Crippen LogP) is 2.10. The van der Waals surface area contributed by atoms with Crippen LogP contribution in [0.1, 0.15) is 15.9 Å². The topological polar surface area (TPSA) is 50.7 Å². The molecule has 1 aromatic carbocycles. The zero-order chi connectivity index (χ0) is 12.1. The summed E-state index contributed by atoms with van der Waals surface area (Å²) in [7, 11) is 3.08. The minimum atomic E-state index is -0.224. The number of carbonyl (C=O) groups excluding carboxylic acids is 1. The smallest absolute Gasteiger partial charge is 0.254 e. The van der Waals surface area contributed by atoms with Gasteiger partial charge in [0.25, 0.3) is 5.91 Å². The second-order valence-corrected chi connectivity index (χ2v) is 3.30. The van der Waals surface area contributed by atoms with Crippen molar-refractivity contribution >= 4 is 29.0 Å². The Kier molecular flexibility index (Phi) is 4.17. The van der Waals surface area contributed by atoms with Gasteiger partial charge in [-0.3, -0.25) is 4.79 Å². The van der Waals surface area contributed by atoms with Gasteiger partial charge < -0.3 is 10.1 Å². The number of rotatable bonds is 3. The van der Waals surface area contributed by atoms with E-state index in [1.54, 1.807) is 19.2 Å². The van der Waals surface area contributed by atoms with E-state index in [4.69, 9.17) is 4.74 Å². The number of hydrogen-bond acceptors (Lipinski definition) is 4. The number of hydrogen-bond donors (Lipinski definition) is 1. The van der Waals surface area contributed by atoms with Gasteiger partial charge in [-0.15, -0.1) is 0 Å². The van der Waals surface area contributed by atoms with E-state index in [0.29, 0.717) is 17.0 Å². The molecule has 16 heavy (non-hydrogen) atoms. The maximum atomic E-state index is 11.6. The molecule has 0 unspecified atom stereocenters. The first-order valence-electron chi connectivity index (χ1n) is 4.62. The number of ether oxygens (including phenoxy) is 1. The van der Waals surface area contributed by atoms with E-state index in [-0.39, 0.29) is 5.91 Å². The van der Waals surface area contributed by atoms with Crippen molar-refractivity contribution in [1.82, 2.24) is 5.32 Å². The Bertz CT molecular complexity index is 465. The highest BCUT2D eigenvalue weighted by molar-refractivity contribution is 7.78. The van der Waals surface area contributed by atoms with Crippen LogP contribution in [0.2, 0.25) is 0 Å². The first-order chi connectivity index (χ1) is 7.63. The van der Waals surface area contributed by atoms with Gasteiger partial charge in [0.1, 0.15) is 5.75 Å². The van der Waals surface area contributed by atoms with Gasteiger partial charge in [-0.1, -0.05) is 0 Å². The van der Waals surface area contributed by atoms with Crippen LogP contribution in [0.4, 0.5) is 5.69 Å². The first-order valence-corrected chi connectivity index (χ1v) is 5.03. The van der Waals surface area contributed by atoms with Gasteiger partial charge in [-0.25, -0.2) is 0 Å². The third-order valence-corrected chi connectivity index (χ3v) is 2.25. The summed E-state index contributed by atoms with van der Waals surface area (Å²) in [6.07, 6.45) is 0. The van der Waals surface area contributed by atoms with Crippen LogP contribution in [-0.2, 0) is 0 Å². The Morgan fingerprint density at radius 3 is 2.75 bits per heavy atom. The van der Waals surface area contributed by atoms with E-state index in [9.17, 15) is 4.79 Å². The van der Waals surface area contributed by atoms with Gasteiger partial charge in [0.05, 0.1) is 23.5 Å². The summed E-state index contributed by atoms with van der Waals surface area (Å²) >= 11 is 4.54. The van der Waals surface area contributed by atoms with E-state index >= 15 is 0 Å². The molecule has 1 rings (SSSR count). The van der Waals surface area contributed by atoms with Crippen LogP contribution in [0.15, 0.2) is 17.1 Å². The normalized spacial score (nSPS) is 9.19. The molecule has 5 heteroatoms. The van der Waals surface area contributed by atoms with Gasteiger partial charge in [0, 0.05) is 7.05 Å². The van der Waals surface area contributed by atoms with Crippen molar-refractivity contribution < 1.29 is 9.53 Å². The largest absolute Gasteiger partial charge is 0.496 e. The van der Waals surface area contributed by atoms with Gasteiger partial charge in [0.2, 0.25) is 0 Å². The highest BCUT2D eigenvalue weighted by Crippen LogP contribution is 2.28. The zero-order valence-electron chi connectivity index (χ0n) is 9.33. The lowest BCUT2D eigenvalue weighted by Crippen LogP contribution is -2.18. The molecule has 0 saturated carbocycles. The lowest BCUT2D eigenvalue weighted by atomic mass is 10.1. The van der Waals surface area contributed by atoms with Crippen LogP contribution >= 0.6 is 12.2 Å². The van der Waals surface area contributed by atoms with Crippen molar-refractivity contribution in [3.8, 4) is 5.75 Å². The lowest BCUT2D eigenvalue weighted by molar-refractivity contribution is 0.0960. The summed E-state index contributed by atoms with van der Waals surface area (Å²) in [5.41, 5.74) is 1.93. The standard InChI is InChI=1S/C11H12N2O2S/c1-7-4-10(15-3)8(11(14)12-2)5-9(7)13-6-16/h4-5H,1-3H3,(H,12,14). The monoisotopic (exact) mass is 236 g/mol. The van der Waals surface area contributed by atoms with Crippen molar-refractivity contribution in [3.63, 3.8) is 0 Å². The SMILES string of the molecule is CNC(=O)c1cc(N=C=S)c(C)cc1OC. The number of carbonyl (C=O) groups is 1. The Labute approximate surface area is 99.3 Å². The van der Waals surface area contributed by atoms with Crippen LogP contribution in [0.25, 0.3) is 0 Å². The summed E-state index contributed by atoms with van der Waals surface area (Å²) < 4.78 is 5.13. The lowest BCUT2D eigenvalue weighted by Gasteiger charge is -2.09. The van der Waals surface area contributed by atoms with Gasteiger partial charge in [-0.2, -0.15) is 4.99 Å². The van der Waals surface area contributed by atoms with Crippen LogP contribution in [0.3, 0.4) is 0 Å². The van der Waals surface area contributed by atoms with Crippen LogP contribution in [0, 0.1) is 6.92 Å². The maximum Gasteiger partial charge on any atom is 0.254 e. The van der Waals surface area contributed by atoms with Crippen LogP contribution in [-0.4, -0.2) is 25.2 Å². The molecule has 0 aromatic heterocycles. The molecule has 0 spiro atoms. The molecule has 0 aliphatic carbocycles. The molecule has 0 radical (unpaired) electrons. The number of isothiocyanates is 1. The number of aliphatic imine (C=N–C) groups is 1. The van der Waals surface area contributed by atoms with E-state index < -0.39 is 0 Å². The maximum absolute atomic E-state index is 11.6. The number of aryl methyl sites for hydroxylation is 1. The molecule has 84 valence electrons. The quantitative estimate of drug-likeness (QED) is 0.646. The third-order valence-electron chi connectivity index (χ3n) is 2.16. The average Bonchev–Trinajstić information content (AvgIpc) is 2.30. The highest BCUT2D eigenvalue weighted by Gasteiger charge is 2.13. The minimum absolute atomic E-state index is 0.224. The van der Waals surface area contributed by atoms with Gasteiger partial charge >= 0.3 is 0 Å². The molecule has 1 amide bonds. The Hall–Kier alpha value is -1.71. The molecule has 0 saturated heterocycles. The fourth-order valence-electron chi connectivity index (χ4n) is 1.32. The molecule has 0 bridgehead atoms. The van der Waals surface area contributed by atoms with Gasteiger partial charge in [0.15, 0.2) is 0 Å². The summed E-state index contributed by atoms with van der Waals surface area (Å²) in [5.74, 6) is 0.290. The number of amides is 1. The average molecular weight is 236 g/mol.